The zero-order chi connectivity index (χ0) is 21.3. The molecule has 3 heterocycles. The fourth-order valence-electron chi connectivity index (χ4n) is 2.86. The number of pyridine rings is 2. The van der Waals surface area contributed by atoms with Crippen molar-refractivity contribution in [2.24, 2.45) is 7.05 Å². The van der Waals surface area contributed by atoms with Crippen molar-refractivity contribution in [1.29, 1.82) is 0 Å². The number of nitrogens with zero attached hydrogens (tertiary/aromatic N) is 4. The van der Waals surface area contributed by atoms with Gasteiger partial charge in [0.15, 0.2) is 5.82 Å². The van der Waals surface area contributed by atoms with Crippen molar-refractivity contribution in [3.05, 3.63) is 78.4 Å². The molecule has 4 rings (SSSR count). The highest BCUT2D eigenvalue weighted by Gasteiger charge is 2.14. The van der Waals surface area contributed by atoms with Gasteiger partial charge in [0.1, 0.15) is 17.3 Å². The molecule has 3 aromatic heterocycles. The van der Waals surface area contributed by atoms with Gasteiger partial charge in [0, 0.05) is 42.2 Å². The van der Waals surface area contributed by atoms with Crippen molar-refractivity contribution in [2.75, 3.05) is 11.1 Å². The number of hydrogen-bond donors (Lipinski definition) is 2. The van der Waals surface area contributed by atoms with Gasteiger partial charge in [-0.2, -0.15) is 5.10 Å². The number of aryl methyl sites for hydroxylation is 1. The highest BCUT2D eigenvalue weighted by molar-refractivity contribution is 6.04. The molecule has 30 heavy (non-hydrogen) atoms. The van der Waals surface area contributed by atoms with E-state index in [1.807, 2.05) is 13.2 Å². The summed E-state index contributed by atoms with van der Waals surface area (Å²) in [4.78, 5) is 21.0. The standard InChI is InChI=1S/C21H16F2N6O/c1-29-11-13(10-26-29)12-2-6-19(25-9-12)21(30)28-20-17(24)5-7-18(27-20)15-4-3-14(22)8-16(15)23/h2-11H,24H2,1H3,(H,27,28,30). The summed E-state index contributed by atoms with van der Waals surface area (Å²) >= 11 is 0. The van der Waals surface area contributed by atoms with Crippen LogP contribution in [-0.2, 0) is 7.05 Å². The number of nitrogen functional groups attached to an aromatic ring is 1. The lowest BCUT2D eigenvalue weighted by molar-refractivity contribution is 0.102. The van der Waals surface area contributed by atoms with Crippen LogP contribution in [0.2, 0.25) is 0 Å². The molecule has 1 aromatic carbocycles. The van der Waals surface area contributed by atoms with Crippen LogP contribution in [0.3, 0.4) is 0 Å². The Morgan fingerprint density at radius 1 is 1.07 bits per heavy atom. The van der Waals surface area contributed by atoms with Crippen molar-refractivity contribution in [2.45, 2.75) is 0 Å². The number of aromatic nitrogens is 4. The first kappa shape index (κ1) is 19.2. The van der Waals surface area contributed by atoms with Crippen LogP contribution < -0.4 is 11.1 Å². The van der Waals surface area contributed by atoms with Gasteiger partial charge in [-0.05, 0) is 30.3 Å². The number of carbonyl (C=O) groups excluding carboxylic acids is 1. The Morgan fingerprint density at radius 3 is 2.57 bits per heavy atom. The van der Waals surface area contributed by atoms with Crippen molar-refractivity contribution in [3.8, 4) is 22.4 Å². The van der Waals surface area contributed by atoms with Crippen LogP contribution >= 0.6 is 0 Å². The molecule has 150 valence electrons. The third-order valence-electron chi connectivity index (χ3n) is 4.40. The molecular formula is C21H16F2N6O. The third-order valence-corrected chi connectivity index (χ3v) is 4.40. The molecule has 4 aromatic rings. The van der Waals surface area contributed by atoms with Gasteiger partial charge in [-0.15, -0.1) is 0 Å². The number of halogens is 2. The second-order valence-electron chi connectivity index (χ2n) is 6.55. The molecule has 0 aliphatic heterocycles. The molecular weight excluding hydrogens is 390 g/mol. The molecule has 0 saturated carbocycles. The van der Waals surface area contributed by atoms with Crippen LogP contribution in [0.25, 0.3) is 22.4 Å². The minimum absolute atomic E-state index is 0.0550. The van der Waals surface area contributed by atoms with Gasteiger partial charge in [0.25, 0.3) is 5.91 Å². The van der Waals surface area contributed by atoms with Crippen LogP contribution in [0, 0.1) is 11.6 Å². The highest BCUT2D eigenvalue weighted by atomic mass is 19.1. The van der Waals surface area contributed by atoms with Crippen LogP contribution in [0.5, 0.6) is 0 Å². The maximum atomic E-state index is 14.1. The van der Waals surface area contributed by atoms with E-state index in [2.05, 4.69) is 20.4 Å². The van der Waals surface area contributed by atoms with Gasteiger partial charge < -0.3 is 11.1 Å². The molecule has 0 aliphatic rings. The predicted molar refractivity (Wildman–Crippen MR) is 108 cm³/mol. The van der Waals surface area contributed by atoms with Gasteiger partial charge in [0.05, 0.1) is 17.6 Å². The van der Waals surface area contributed by atoms with E-state index in [1.165, 1.54) is 18.2 Å². The first-order valence-corrected chi connectivity index (χ1v) is 8.89. The number of anilines is 2. The second kappa shape index (κ2) is 7.70. The van der Waals surface area contributed by atoms with Gasteiger partial charge >= 0.3 is 0 Å². The van der Waals surface area contributed by atoms with Crippen LogP contribution in [0.1, 0.15) is 10.5 Å². The summed E-state index contributed by atoms with van der Waals surface area (Å²) in [6, 6.07) is 9.45. The quantitative estimate of drug-likeness (QED) is 0.539. The Balaban J connectivity index is 1.57. The van der Waals surface area contributed by atoms with E-state index in [0.29, 0.717) is 0 Å². The van der Waals surface area contributed by atoms with Crippen molar-refractivity contribution >= 4 is 17.4 Å². The SMILES string of the molecule is Cn1cc(-c2ccc(C(=O)Nc3nc(-c4ccc(F)cc4F)ccc3N)nc2)cn1. The summed E-state index contributed by atoms with van der Waals surface area (Å²) in [6.45, 7) is 0. The van der Waals surface area contributed by atoms with E-state index in [-0.39, 0.29) is 28.5 Å². The van der Waals surface area contributed by atoms with Crippen molar-refractivity contribution in [1.82, 2.24) is 19.7 Å². The number of amides is 1. The molecule has 0 radical (unpaired) electrons. The van der Waals surface area contributed by atoms with E-state index < -0.39 is 17.5 Å². The Morgan fingerprint density at radius 2 is 1.90 bits per heavy atom. The number of nitrogens with two attached hydrogens (primary N) is 1. The summed E-state index contributed by atoms with van der Waals surface area (Å²) < 4.78 is 28.9. The van der Waals surface area contributed by atoms with Crippen molar-refractivity contribution < 1.29 is 13.6 Å². The number of carbonyl (C=O) groups is 1. The Bertz CT molecular complexity index is 1240. The molecule has 3 N–H and O–H groups in total. The molecule has 1 amide bonds. The van der Waals surface area contributed by atoms with Crippen LogP contribution in [-0.4, -0.2) is 25.7 Å². The molecule has 0 spiro atoms. The van der Waals surface area contributed by atoms with Gasteiger partial charge in [0.2, 0.25) is 0 Å². The number of benzene rings is 1. The third kappa shape index (κ3) is 3.86. The van der Waals surface area contributed by atoms with E-state index >= 15 is 0 Å². The lowest BCUT2D eigenvalue weighted by Gasteiger charge is -2.10. The van der Waals surface area contributed by atoms with Gasteiger partial charge in [-0.1, -0.05) is 6.07 Å². The topological polar surface area (TPSA) is 98.7 Å². The number of hydrogen-bond acceptors (Lipinski definition) is 5. The number of nitrogens with one attached hydrogen (secondary N) is 1. The van der Waals surface area contributed by atoms with E-state index in [9.17, 15) is 13.6 Å². The van der Waals surface area contributed by atoms with Gasteiger partial charge in [-0.25, -0.2) is 13.8 Å². The lowest BCUT2D eigenvalue weighted by Crippen LogP contribution is -2.16. The average molecular weight is 406 g/mol. The van der Waals surface area contributed by atoms with Crippen LogP contribution in [0.4, 0.5) is 20.3 Å². The summed E-state index contributed by atoms with van der Waals surface area (Å²) in [7, 11) is 1.81. The number of rotatable bonds is 4. The summed E-state index contributed by atoms with van der Waals surface area (Å²) in [5.74, 6) is -1.93. The average Bonchev–Trinajstić information content (AvgIpc) is 3.16. The first-order valence-electron chi connectivity index (χ1n) is 8.89. The zero-order valence-electron chi connectivity index (χ0n) is 15.8. The molecule has 0 unspecified atom stereocenters. The summed E-state index contributed by atoms with van der Waals surface area (Å²) in [6.07, 6.45) is 5.09. The molecule has 0 aliphatic carbocycles. The van der Waals surface area contributed by atoms with Crippen molar-refractivity contribution in [3.63, 3.8) is 0 Å². The van der Waals surface area contributed by atoms with E-state index in [0.717, 1.165) is 23.3 Å². The maximum Gasteiger partial charge on any atom is 0.275 e. The fraction of sp³-hybridized carbons (Fsp3) is 0.0476. The lowest BCUT2D eigenvalue weighted by atomic mass is 10.1. The van der Waals surface area contributed by atoms with E-state index in [4.69, 9.17) is 5.73 Å². The normalized spacial score (nSPS) is 10.8. The summed E-state index contributed by atoms with van der Waals surface area (Å²) in [5, 5.41) is 6.68. The Hall–Kier alpha value is -4.14. The van der Waals surface area contributed by atoms with E-state index in [1.54, 1.807) is 29.2 Å². The molecule has 7 nitrogen and oxygen atoms in total. The first-order chi connectivity index (χ1) is 14.4. The zero-order valence-corrected chi connectivity index (χ0v) is 15.8. The Labute approximate surface area is 170 Å². The molecule has 9 heteroatoms. The largest absolute Gasteiger partial charge is 0.396 e. The molecule has 0 bridgehead atoms. The second-order valence-corrected chi connectivity index (χ2v) is 6.55. The Kier molecular flexibility index (Phi) is 4.93. The minimum Gasteiger partial charge on any atom is -0.396 e. The molecule has 0 fully saturated rings. The summed E-state index contributed by atoms with van der Waals surface area (Å²) in [5.41, 5.74) is 8.23. The molecule has 0 saturated heterocycles. The minimum atomic E-state index is -0.766. The van der Waals surface area contributed by atoms with Crippen LogP contribution in [0.15, 0.2) is 61.1 Å². The molecule has 0 atom stereocenters. The monoisotopic (exact) mass is 406 g/mol. The predicted octanol–water partition coefficient (Wildman–Crippen LogP) is 3.66. The highest BCUT2D eigenvalue weighted by Crippen LogP contribution is 2.26. The fourth-order valence-corrected chi connectivity index (χ4v) is 2.86. The smallest absolute Gasteiger partial charge is 0.275 e. The maximum absolute atomic E-state index is 14.1. The van der Waals surface area contributed by atoms with Gasteiger partial charge in [-0.3, -0.25) is 14.5 Å².